The predicted molar refractivity (Wildman–Crippen MR) is 53.1 cm³/mol. The van der Waals surface area contributed by atoms with E-state index >= 15 is 0 Å². The summed E-state index contributed by atoms with van der Waals surface area (Å²) in [5.41, 5.74) is 1.67. The van der Waals surface area contributed by atoms with Crippen LogP contribution in [0.3, 0.4) is 0 Å². The summed E-state index contributed by atoms with van der Waals surface area (Å²) in [6, 6.07) is 1.75. The van der Waals surface area contributed by atoms with Crippen LogP contribution in [0.4, 0.5) is 0 Å². The predicted octanol–water partition coefficient (Wildman–Crippen LogP) is 1.73. The highest BCUT2D eigenvalue weighted by molar-refractivity contribution is 5.31. The molecule has 0 aromatic carbocycles. The van der Waals surface area contributed by atoms with Crippen molar-refractivity contribution in [1.29, 1.82) is 0 Å². The van der Waals surface area contributed by atoms with E-state index in [4.69, 9.17) is 4.74 Å². The molecule has 1 aromatic heterocycles. The average Bonchev–Trinajstić information content (AvgIpc) is 2.97. The van der Waals surface area contributed by atoms with Crippen LogP contribution < -0.4 is 9.47 Å². The molecule has 1 heterocycles. The lowest BCUT2D eigenvalue weighted by Crippen LogP contribution is -2.30. The van der Waals surface area contributed by atoms with E-state index in [2.05, 4.69) is 0 Å². The topological polar surface area (TPSA) is 36.2 Å². The highest BCUT2D eigenvalue weighted by atomic mass is 16.5. The molecule has 0 N–H and O–H groups in total. The summed E-state index contributed by atoms with van der Waals surface area (Å²) in [5, 5.41) is 11.2. The molecule has 0 saturated heterocycles. The van der Waals surface area contributed by atoms with Gasteiger partial charge in [0.05, 0.1) is 12.2 Å². The van der Waals surface area contributed by atoms with E-state index < -0.39 is 0 Å². The average molecular weight is 193 g/mol. The van der Waals surface area contributed by atoms with Crippen LogP contribution in [0.5, 0.6) is 5.75 Å². The largest absolute Gasteiger partial charge is 0.618 e. The van der Waals surface area contributed by atoms with Crippen molar-refractivity contribution in [2.75, 3.05) is 6.61 Å². The zero-order valence-electron chi connectivity index (χ0n) is 8.62. The quantitative estimate of drug-likeness (QED) is 0.541. The molecule has 0 unspecified atom stereocenters. The molecule has 0 amide bonds. The van der Waals surface area contributed by atoms with Crippen LogP contribution in [0.1, 0.15) is 24.1 Å². The van der Waals surface area contributed by atoms with Gasteiger partial charge in [-0.25, -0.2) is 0 Å². The normalized spacial score (nSPS) is 15.6. The highest BCUT2D eigenvalue weighted by Crippen LogP contribution is 2.30. The van der Waals surface area contributed by atoms with Gasteiger partial charge in [-0.2, -0.15) is 4.73 Å². The first-order valence-electron chi connectivity index (χ1n) is 5.00. The van der Waals surface area contributed by atoms with Crippen molar-refractivity contribution < 1.29 is 9.47 Å². The van der Waals surface area contributed by atoms with Gasteiger partial charge < -0.3 is 9.94 Å². The number of pyridine rings is 1. The molecule has 14 heavy (non-hydrogen) atoms. The Morgan fingerprint density at radius 2 is 2.21 bits per heavy atom. The Hall–Kier alpha value is -1.25. The minimum Gasteiger partial charge on any atom is -0.618 e. The third-order valence-corrected chi connectivity index (χ3v) is 2.78. The smallest absolute Gasteiger partial charge is 0.196 e. The van der Waals surface area contributed by atoms with Crippen molar-refractivity contribution in [3.8, 4) is 5.75 Å². The molecule has 0 atom stereocenters. The molecule has 3 heteroatoms. The SMILES string of the molecule is Cc1c(OCC2CC2)cc[n+]([O-])c1C. The maximum atomic E-state index is 11.2. The number of nitrogens with zero attached hydrogens (tertiary/aromatic N) is 1. The van der Waals surface area contributed by atoms with E-state index in [0.29, 0.717) is 0 Å². The molecule has 1 aromatic rings. The summed E-state index contributed by atoms with van der Waals surface area (Å²) in [6.07, 6.45) is 4.07. The minimum atomic E-state index is 0.721. The molecule has 0 spiro atoms. The van der Waals surface area contributed by atoms with E-state index in [1.165, 1.54) is 19.0 Å². The zero-order valence-corrected chi connectivity index (χ0v) is 8.62. The van der Waals surface area contributed by atoms with Crippen molar-refractivity contribution in [3.63, 3.8) is 0 Å². The number of rotatable bonds is 3. The van der Waals surface area contributed by atoms with Crippen LogP contribution in [0, 0.1) is 25.0 Å². The van der Waals surface area contributed by atoms with Gasteiger partial charge in [0.25, 0.3) is 0 Å². The van der Waals surface area contributed by atoms with Crippen LogP contribution in [0.25, 0.3) is 0 Å². The van der Waals surface area contributed by atoms with Gasteiger partial charge in [0.1, 0.15) is 5.75 Å². The molecule has 0 bridgehead atoms. The molecule has 1 aliphatic carbocycles. The van der Waals surface area contributed by atoms with Crippen molar-refractivity contribution in [3.05, 3.63) is 28.7 Å². The summed E-state index contributed by atoms with van der Waals surface area (Å²) >= 11 is 0. The lowest BCUT2D eigenvalue weighted by atomic mass is 10.2. The summed E-state index contributed by atoms with van der Waals surface area (Å²) in [4.78, 5) is 0. The van der Waals surface area contributed by atoms with Gasteiger partial charge in [0, 0.05) is 13.0 Å². The van der Waals surface area contributed by atoms with Crippen LogP contribution in [0.2, 0.25) is 0 Å². The van der Waals surface area contributed by atoms with Crippen LogP contribution in [0.15, 0.2) is 12.3 Å². The maximum absolute atomic E-state index is 11.2. The molecule has 1 saturated carbocycles. The van der Waals surface area contributed by atoms with Crippen molar-refractivity contribution in [2.45, 2.75) is 26.7 Å². The fourth-order valence-corrected chi connectivity index (χ4v) is 1.36. The van der Waals surface area contributed by atoms with Crippen molar-refractivity contribution >= 4 is 0 Å². The number of ether oxygens (including phenoxy) is 1. The highest BCUT2D eigenvalue weighted by Gasteiger charge is 2.22. The molecular formula is C11H15NO2. The standard InChI is InChI=1S/C11H15NO2/c1-8-9(2)12(13)6-5-11(8)14-7-10-3-4-10/h5-6,10H,3-4,7H2,1-2H3. The van der Waals surface area contributed by atoms with Crippen molar-refractivity contribution in [1.82, 2.24) is 0 Å². The molecule has 3 nitrogen and oxygen atoms in total. The van der Waals surface area contributed by atoms with Gasteiger partial charge in [-0.1, -0.05) is 0 Å². The first kappa shape index (κ1) is 9.31. The molecule has 76 valence electrons. The molecule has 0 aliphatic heterocycles. The Labute approximate surface area is 83.9 Å². The fraction of sp³-hybridized carbons (Fsp3) is 0.545. The lowest BCUT2D eigenvalue weighted by Gasteiger charge is -2.10. The molecule has 2 rings (SSSR count). The number of hydrogen-bond donors (Lipinski definition) is 0. The van der Waals surface area contributed by atoms with Gasteiger partial charge in [-0.05, 0) is 25.7 Å². The van der Waals surface area contributed by atoms with Gasteiger partial charge in [0.15, 0.2) is 11.9 Å². The lowest BCUT2D eigenvalue weighted by molar-refractivity contribution is -0.612. The fourth-order valence-electron chi connectivity index (χ4n) is 1.36. The second-order valence-electron chi connectivity index (χ2n) is 3.97. The second kappa shape index (κ2) is 3.48. The Bertz CT molecular complexity index is 345. The summed E-state index contributed by atoms with van der Waals surface area (Å²) < 4.78 is 6.52. The zero-order chi connectivity index (χ0) is 10.1. The second-order valence-corrected chi connectivity index (χ2v) is 3.97. The molecule has 1 fully saturated rings. The van der Waals surface area contributed by atoms with Gasteiger partial charge >= 0.3 is 0 Å². The molecule has 0 radical (unpaired) electrons. The third-order valence-electron chi connectivity index (χ3n) is 2.78. The summed E-state index contributed by atoms with van der Waals surface area (Å²) in [5.74, 6) is 1.59. The first-order chi connectivity index (χ1) is 6.68. The molecular weight excluding hydrogens is 178 g/mol. The van der Waals surface area contributed by atoms with E-state index in [9.17, 15) is 5.21 Å². The summed E-state index contributed by atoms with van der Waals surface area (Å²) in [7, 11) is 0. The van der Waals surface area contributed by atoms with Crippen LogP contribution in [-0.4, -0.2) is 6.61 Å². The molecule has 1 aliphatic rings. The van der Waals surface area contributed by atoms with E-state index in [0.717, 1.165) is 34.3 Å². The summed E-state index contributed by atoms with van der Waals surface area (Å²) in [6.45, 7) is 4.53. The third kappa shape index (κ3) is 1.81. The Morgan fingerprint density at radius 1 is 1.50 bits per heavy atom. The van der Waals surface area contributed by atoms with Crippen LogP contribution in [-0.2, 0) is 0 Å². The number of aromatic nitrogens is 1. The minimum absolute atomic E-state index is 0.721. The number of hydrogen-bond acceptors (Lipinski definition) is 2. The Balaban J connectivity index is 2.11. The van der Waals surface area contributed by atoms with E-state index in [-0.39, 0.29) is 0 Å². The Kier molecular flexibility index (Phi) is 2.32. The maximum Gasteiger partial charge on any atom is 0.196 e. The first-order valence-corrected chi connectivity index (χ1v) is 5.00. The van der Waals surface area contributed by atoms with E-state index in [1.54, 1.807) is 6.07 Å². The Morgan fingerprint density at radius 3 is 2.86 bits per heavy atom. The van der Waals surface area contributed by atoms with Crippen LogP contribution >= 0.6 is 0 Å². The van der Waals surface area contributed by atoms with E-state index in [1.807, 2.05) is 13.8 Å². The van der Waals surface area contributed by atoms with Gasteiger partial charge in [-0.15, -0.1) is 0 Å². The monoisotopic (exact) mass is 193 g/mol. The van der Waals surface area contributed by atoms with Crippen molar-refractivity contribution in [2.24, 2.45) is 5.92 Å². The van der Waals surface area contributed by atoms with Gasteiger partial charge in [0.2, 0.25) is 0 Å². The van der Waals surface area contributed by atoms with Gasteiger partial charge in [-0.3, -0.25) is 0 Å².